The number of carbonyl (C=O) groups excluding carboxylic acids is 1. The van der Waals surface area contributed by atoms with E-state index in [9.17, 15) is 13.2 Å². The lowest BCUT2D eigenvalue weighted by Crippen LogP contribution is -2.16. The minimum Gasteiger partial charge on any atom is -0.324 e. The van der Waals surface area contributed by atoms with Gasteiger partial charge in [0.15, 0.2) is 9.84 Å². The van der Waals surface area contributed by atoms with Crippen molar-refractivity contribution in [1.29, 1.82) is 0 Å². The van der Waals surface area contributed by atoms with Crippen LogP contribution in [0.15, 0.2) is 47.4 Å². The average Bonchev–Trinajstić information content (AvgIpc) is 2.51. The lowest BCUT2D eigenvalue weighted by molar-refractivity contribution is -0.115. The third-order valence-corrected chi connectivity index (χ3v) is 6.17. The van der Waals surface area contributed by atoms with E-state index in [2.05, 4.69) is 5.32 Å². The molecule has 0 atom stereocenters. The first-order valence-electron chi connectivity index (χ1n) is 7.28. The number of rotatable bonds is 5. The van der Waals surface area contributed by atoms with E-state index in [1.807, 2.05) is 0 Å². The lowest BCUT2D eigenvalue weighted by Gasteiger charge is -2.10. The van der Waals surface area contributed by atoms with Crippen LogP contribution in [0.3, 0.4) is 0 Å². The van der Waals surface area contributed by atoms with Gasteiger partial charge in [0, 0.05) is 5.02 Å². The molecule has 0 bridgehead atoms. The van der Waals surface area contributed by atoms with Crippen LogP contribution in [0.5, 0.6) is 0 Å². The third-order valence-electron chi connectivity index (χ3n) is 3.44. The van der Waals surface area contributed by atoms with Gasteiger partial charge in [0.25, 0.3) is 0 Å². The molecule has 0 heterocycles. The van der Waals surface area contributed by atoms with E-state index in [-0.39, 0.29) is 17.2 Å². The first-order chi connectivity index (χ1) is 11.2. The molecule has 1 N–H and O–H groups in total. The van der Waals surface area contributed by atoms with E-state index in [1.165, 1.54) is 12.1 Å². The molecule has 0 unspecified atom stereocenters. The topological polar surface area (TPSA) is 63.2 Å². The van der Waals surface area contributed by atoms with Gasteiger partial charge in [-0.3, -0.25) is 4.79 Å². The van der Waals surface area contributed by atoms with E-state index in [4.69, 9.17) is 23.2 Å². The standard InChI is InChI=1S/C17H17Cl2NO3S/c1-11(2)24(22,23)14-6-3-12(4-7-14)9-17(21)20-16-10-13(18)5-8-15(16)19/h3-8,10-11H,9H2,1-2H3,(H,20,21). The monoisotopic (exact) mass is 385 g/mol. The van der Waals surface area contributed by atoms with Crippen LogP contribution in [-0.4, -0.2) is 19.6 Å². The summed E-state index contributed by atoms with van der Waals surface area (Å²) in [5.74, 6) is -0.265. The second-order valence-electron chi connectivity index (χ2n) is 5.59. The van der Waals surface area contributed by atoms with Crippen molar-refractivity contribution in [2.75, 3.05) is 5.32 Å². The second-order valence-corrected chi connectivity index (χ2v) is 8.93. The van der Waals surface area contributed by atoms with Crippen molar-refractivity contribution in [3.63, 3.8) is 0 Å². The average molecular weight is 386 g/mol. The zero-order valence-electron chi connectivity index (χ0n) is 13.2. The number of amides is 1. The highest BCUT2D eigenvalue weighted by molar-refractivity contribution is 7.92. The first-order valence-corrected chi connectivity index (χ1v) is 9.58. The Balaban J connectivity index is 2.09. The number of benzene rings is 2. The van der Waals surface area contributed by atoms with Gasteiger partial charge in [-0.25, -0.2) is 8.42 Å². The van der Waals surface area contributed by atoms with Crippen molar-refractivity contribution >= 4 is 44.6 Å². The van der Waals surface area contributed by atoms with Gasteiger partial charge in [0.1, 0.15) is 0 Å². The van der Waals surface area contributed by atoms with Crippen molar-refractivity contribution < 1.29 is 13.2 Å². The lowest BCUT2D eigenvalue weighted by atomic mass is 10.1. The Morgan fingerprint density at radius 3 is 2.29 bits per heavy atom. The van der Waals surface area contributed by atoms with Crippen LogP contribution in [0.2, 0.25) is 10.0 Å². The summed E-state index contributed by atoms with van der Waals surface area (Å²) in [5.41, 5.74) is 1.14. The molecule has 4 nitrogen and oxygen atoms in total. The van der Waals surface area contributed by atoms with Crippen molar-refractivity contribution in [3.05, 3.63) is 58.1 Å². The van der Waals surface area contributed by atoms with Gasteiger partial charge in [0.05, 0.1) is 27.3 Å². The van der Waals surface area contributed by atoms with Crippen LogP contribution in [0.25, 0.3) is 0 Å². The predicted octanol–water partition coefficient (Wildman–Crippen LogP) is 4.36. The number of nitrogens with one attached hydrogen (secondary N) is 1. The fourth-order valence-electron chi connectivity index (χ4n) is 2.04. The van der Waals surface area contributed by atoms with E-state index in [0.717, 1.165) is 0 Å². The van der Waals surface area contributed by atoms with Gasteiger partial charge >= 0.3 is 0 Å². The molecule has 128 valence electrons. The number of hydrogen-bond acceptors (Lipinski definition) is 3. The molecule has 2 aromatic carbocycles. The summed E-state index contributed by atoms with van der Waals surface area (Å²) in [7, 11) is -3.31. The Morgan fingerprint density at radius 2 is 1.71 bits per heavy atom. The maximum atomic E-state index is 12.1. The number of sulfone groups is 1. The summed E-state index contributed by atoms with van der Waals surface area (Å²) in [5, 5.41) is 3.06. The molecular weight excluding hydrogens is 369 g/mol. The van der Waals surface area contributed by atoms with Crippen molar-refractivity contribution in [3.8, 4) is 0 Å². The Labute approximate surface area is 151 Å². The Bertz CT molecular complexity index is 847. The smallest absolute Gasteiger partial charge is 0.228 e. The molecule has 0 aromatic heterocycles. The molecule has 1 amide bonds. The maximum Gasteiger partial charge on any atom is 0.228 e. The number of halogens is 2. The minimum absolute atomic E-state index is 0.102. The summed E-state index contributed by atoms with van der Waals surface area (Å²) in [6.07, 6.45) is 0.102. The summed E-state index contributed by atoms with van der Waals surface area (Å²) in [4.78, 5) is 12.4. The highest BCUT2D eigenvalue weighted by atomic mass is 35.5. The Morgan fingerprint density at radius 1 is 1.08 bits per heavy atom. The highest BCUT2D eigenvalue weighted by Crippen LogP contribution is 2.25. The fraction of sp³-hybridized carbons (Fsp3) is 0.235. The van der Waals surface area contributed by atoms with E-state index >= 15 is 0 Å². The second kappa shape index (κ2) is 7.55. The molecule has 2 rings (SSSR count). The molecule has 0 spiro atoms. The molecular formula is C17H17Cl2NO3S. The molecule has 0 fully saturated rings. The highest BCUT2D eigenvalue weighted by Gasteiger charge is 2.18. The first kappa shape index (κ1) is 18.8. The fourth-order valence-corrected chi connectivity index (χ4v) is 3.44. The SMILES string of the molecule is CC(C)S(=O)(=O)c1ccc(CC(=O)Nc2cc(Cl)ccc2Cl)cc1. The Kier molecular flexibility index (Phi) is 5.91. The number of hydrogen-bond donors (Lipinski definition) is 1. The van der Waals surface area contributed by atoms with Crippen LogP contribution < -0.4 is 5.32 Å². The third kappa shape index (κ3) is 4.50. The van der Waals surface area contributed by atoms with Gasteiger partial charge in [-0.2, -0.15) is 0 Å². The van der Waals surface area contributed by atoms with Crippen LogP contribution >= 0.6 is 23.2 Å². The molecule has 2 aromatic rings. The van der Waals surface area contributed by atoms with E-state index in [0.29, 0.717) is 21.3 Å². The van der Waals surface area contributed by atoms with Crippen molar-refractivity contribution in [2.24, 2.45) is 0 Å². The number of anilines is 1. The van der Waals surface area contributed by atoms with Crippen LogP contribution in [0, 0.1) is 0 Å². The van der Waals surface area contributed by atoms with Gasteiger partial charge in [-0.1, -0.05) is 35.3 Å². The molecule has 7 heteroatoms. The molecule has 0 saturated carbocycles. The summed E-state index contributed by atoms with van der Waals surface area (Å²) < 4.78 is 24.1. The van der Waals surface area contributed by atoms with Gasteiger partial charge in [-0.15, -0.1) is 0 Å². The largest absolute Gasteiger partial charge is 0.324 e. The summed E-state index contributed by atoms with van der Waals surface area (Å²) >= 11 is 11.9. The van der Waals surface area contributed by atoms with Gasteiger partial charge in [0.2, 0.25) is 5.91 Å². The predicted molar refractivity (Wildman–Crippen MR) is 97.6 cm³/mol. The molecule has 0 aliphatic carbocycles. The molecule has 24 heavy (non-hydrogen) atoms. The maximum absolute atomic E-state index is 12.1. The minimum atomic E-state index is -3.31. The molecule has 0 aliphatic rings. The quantitative estimate of drug-likeness (QED) is 0.831. The summed E-state index contributed by atoms with van der Waals surface area (Å²) in [6, 6.07) is 11.1. The zero-order valence-corrected chi connectivity index (χ0v) is 15.5. The molecule has 0 aliphatic heterocycles. The zero-order chi connectivity index (χ0) is 17.9. The van der Waals surface area contributed by atoms with Crippen molar-refractivity contribution in [2.45, 2.75) is 30.4 Å². The normalized spacial score (nSPS) is 11.5. The van der Waals surface area contributed by atoms with E-state index < -0.39 is 15.1 Å². The Hall–Kier alpha value is -1.56. The summed E-state index contributed by atoms with van der Waals surface area (Å²) in [6.45, 7) is 3.26. The van der Waals surface area contributed by atoms with Crippen LogP contribution in [0.4, 0.5) is 5.69 Å². The van der Waals surface area contributed by atoms with E-state index in [1.54, 1.807) is 44.2 Å². The van der Waals surface area contributed by atoms with Gasteiger partial charge in [-0.05, 0) is 49.7 Å². The van der Waals surface area contributed by atoms with Gasteiger partial charge < -0.3 is 5.32 Å². The molecule has 0 radical (unpaired) electrons. The van der Waals surface area contributed by atoms with Crippen molar-refractivity contribution in [1.82, 2.24) is 0 Å². The van der Waals surface area contributed by atoms with Crippen LogP contribution in [0.1, 0.15) is 19.4 Å². The van der Waals surface area contributed by atoms with Crippen LogP contribution in [-0.2, 0) is 21.1 Å². The number of carbonyl (C=O) groups is 1. The molecule has 0 saturated heterocycles.